The van der Waals surface area contributed by atoms with E-state index in [0.717, 1.165) is 24.2 Å². The number of esters is 1. The predicted molar refractivity (Wildman–Crippen MR) is 103 cm³/mol. The van der Waals surface area contributed by atoms with Crippen LogP contribution in [-0.4, -0.2) is 41.1 Å². The number of hydrogen-bond acceptors (Lipinski definition) is 5. The summed E-state index contributed by atoms with van der Waals surface area (Å²) in [6.45, 7) is 1.26. The van der Waals surface area contributed by atoms with Gasteiger partial charge in [-0.2, -0.15) is 0 Å². The predicted octanol–water partition coefficient (Wildman–Crippen LogP) is 2.65. The van der Waals surface area contributed by atoms with Crippen LogP contribution >= 0.6 is 0 Å². The fraction of sp³-hybridized carbons (Fsp3) is 0.739. The minimum absolute atomic E-state index is 0.0434. The Labute approximate surface area is 171 Å². The number of amides is 2. The van der Waals surface area contributed by atoms with Crippen molar-refractivity contribution in [3.63, 3.8) is 0 Å². The lowest BCUT2D eigenvalue weighted by Gasteiger charge is -2.56. The van der Waals surface area contributed by atoms with Crippen molar-refractivity contribution in [3.05, 3.63) is 12.2 Å². The van der Waals surface area contributed by atoms with E-state index >= 15 is 0 Å². The lowest BCUT2D eigenvalue weighted by molar-refractivity contribution is -0.167. The van der Waals surface area contributed by atoms with E-state index < -0.39 is 12.1 Å². The molecular formula is C23H29NO5. The maximum Gasteiger partial charge on any atom is 0.326 e. The summed E-state index contributed by atoms with van der Waals surface area (Å²) in [7, 11) is 0. The lowest BCUT2D eigenvalue weighted by Crippen LogP contribution is -2.53. The third-order valence-electron chi connectivity index (χ3n) is 8.12. The average Bonchev–Trinajstić information content (AvgIpc) is 2.91. The van der Waals surface area contributed by atoms with Crippen LogP contribution in [0.2, 0.25) is 0 Å². The largest absolute Gasteiger partial charge is 0.453 e. The first-order chi connectivity index (χ1) is 13.9. The lowest BCUT2D eigenvalue weighted by atomic mass is 9.48. The van der Waals surface area contributed by atoms with Crippen molar-refractivity contribution in [1.29, 1.82) is 0 Å². The van der Waals surface area contributed by atoms with E-state index in [9.17, 15) is 19.2 Å². The monoisotopic (exact) mass is 399 g/mol. The van der Waals surface area contributed by atoms with Gasteiger partial charge < -0.3 is 4.74 Å². The van der Waals surface area contributed by atoms with Crippen LogP contribution < -0.4 is 0 Å². The second-order valence-corrected chi connectivity index (χ2v) is 10.1. The first kappa shape index (κ1) is 19.0. The molecule has 3 atom stereocenters. The van der Waals surface area contributed by atoms with Crippen LogP contribution in [0.1, 0.15) is 58.3 Å². The Balaban J connectivity index is 1.22. The van der Waals surface area contributed by atoms with Crippen molar-refractivity contribution in [2.75, 3.05) is 6.54 Å². The number of nitrogens with zero attached hydrogens (tertiary/aromatic N) is 1. The van der Waals surface area contributed by atoms with Crippen molar-refractivity contribution in [1.82, 2.24) is 4.90 Å². The zero-order chi connectivity index (χ0) is 20.3. The van der Waals surface area contributed by atoms with Gasteiger partial charge in [0, 0.05) is 5.41 Å². The molecule has 2 amide bonds. The van der Waals surface area contributed by atoms with E-state index in [0.29, 0.717) is 30.6 Å². The Bertz CT molecular complexity index is 738. The van der Waals surface area contributed by atoms with Gasteiger partial charge in [0.15, 0.2) is 11.9 Å². The van der Waals surface area contributed by atoms with Gasteiger partial charge in [-0.25, -0.2) is 0 Å². The average molecular weight is 399 g/mol. The molecule has 6 rings (SSSR count). The Kier molecular flexibility index (Phi) is 4.44. The van der Waals surface area contributed by atoms with E-state index in [1.165, 1.54) is 19.3 Å². The molecule has 1 saturated heterocycles. The van der Waals surface area contributed by atoms with Gasteiger partial charge in [-0.1, -0.05) is 12.2 Å². The Morgan fingerprint density at radius 2 is 1.48 bits per heavy atom. The van der Waals surface area contributed by atoms with E-state index in [2.05, 4.69) is 0 Å². The molecule has 0 aromatic heterocycles. The number of rotatable bonds is 5. The van der Waals surface area contributed by atoms with Crippen LogP contribution in [0.4, 0.5) is 0 Å². The van der Waals surface area contributed by atoms with Gasteiger partial charge in [-0.15, -0.1) is 0 Å². The third-order valence-corrected chi connectivity index (χ3v) is 8.12. The van der Waals surface area contributed by atoms with Crippen molar-refractivity contribution in [2.24, 2.45) is 35.0 Å². The Morgan fingerprint density at radius 3 is 1.97 bits per heavy atom. The molecule has 0 aromatic rings. The first-order valence-electron chi connectivity index (χ1n) is 11.1. The van der Waals surface area contributed by atoms with Gasteiger partial charge >= 0.3 is 5.97 Å². The number of imide groups is 1. The van der Waals surface area contributed by atoms with Crippen LogP contribution in [0, 0.1) is 35.0 Å². The molecule has 0 N–H and O–H groups in total. The molecule has 5 fully saturated rings. The quantitative estimate of drug-likeness (QED) is 0.403. The third kappa shape index (κ3) is 3.06. The number of hydrogen-bond donors (Lipinski definition) is 0. The van der Waals surface area contributed by atoms with Crippen LogP contribution in [0.25, 0.3) is 0 Å². The van der Waals surface area contributed by atoms with Crippen LogP contribution in [-0.2, 0) is 23.9 Å². The van der Waals surface area contributed by atoms with E-state index in [4.69, 9.17) is 4.74 Å². The maximum atomic E-state index is 13.3. The number of carbonyl (C=O) groups is 4. The summed E-state index contributed by atoms with van der Waals surface area (Å²) in [5.74, 6) is 0.0194. The molecule has 4 bridgehead atoms. The number of likely N-dealkylation sites (tertiary alicyclic amines) is 1. The molecule has 5 aliphatic carbocycles. The van der Waals surface area contributed by atoms with Crippen molar-refractivity contribution >= 4 is 23.6 Å². The fourth-order valence-corrected chi connectivity index (χ4v) is 7.29. The van der Waals surface area contributed by atoms with Gasteiger partial charge in [0.1, 0.15) is 6.54 Å². The number of carbonyl (C=O) groups excluding carboxylic acids is 4. The Hall–Kier alpha value is -1.98. The van der Waals surface area contributed by atoms with Gasteiger partial charge in [-0.3, -0.25) is 24.1 Å². The van der Waals surface area contributed by atoms with Gasteiger partial charge in [0.2, 0.25) is 11.8 Å². The zero-order valence-electron chi connectivity index (χ0n) is 17.0. The number of ether oxygens (including phenoxy) is 1. The van der Waals surface area contributed by atoms with Crippen molar-refractivity contribution < 1.29 is 23.9 Å². The number of fused-ring (bicyclic) bond motifs is 1. The molecule has 0 aromatic carbocycles. The summed E-state index contributed by atoms with van der Waals surface area (Å²) in [5, 5.41) is 0. The van der Waals surface area contributed by atoms with E-state index in [1.807, 2.05) is 12.2 Å². The maximum absolute atomic E-state index is 13.3. The van der Waals surface area contributed by atoms with Crippen molar-refractivity contribution in [3.8, 4) is 0 Å². The second-order valence-electron chi connectivity index (χ2n) is 10.1. The smallest absolute Gasteiger partial charge is 0.326 e. The highest BCUT2D eigenvalue weighted by Crippen LogP contribution is 2.60. The molecule has 1 heterocycles. The Morgan fingerprint density at radius 1 is 1.00 bits per heavy atom. The molecule has 156 valence electrons. The SMILES string of the molecule is C[C@@H](OC(=O)CN1C(=O)[C@H]2CC=CC[C@H]2C1=O)C(=O)C12CC3CC(CC(C3)C1)C2. The number of ketones is 1. The second kappa shape index (κ2) is 6.78. The minimum Gasteiger partial charge on any atom is -0.453 e. The van der Waals surface area contributed by atoms with E-state index in [1.54, 1.807) is 6.92 Å². The highest BCUT2D eigenvalue weighted by Gasteiger charge is 2.55. The summed E-state index contributed by atoms with van der Waals surface area (Å²) in [5.41, 5.74) is -0.325. The van der Waals surface area contributed by atoms with Crippen LogP contribution in [0.3, 0.4) is 0 Å². The van der Waals surface area contributed by atoms with Gasteiger partial charge in [0.05, 0.1) is 11.8 Å². The zero-order valence-corrected chi connectivity index (χ0v) is 17.0. The molecular weight excluding hydrogens is 370 g/mol. The summed E-state index contributed by atoms with van der Waals surface area (Å²) in [6, 6.07) is 0. The fourth-order valence-electron chi connectivity index (χ4n) is 7.29. The summed E-state index contributed by atoms with van der Waals surface area (Å²) < 4.78 is 5.46. The summed E-state index contributed by atoms with van der Waals surface area (Å²) in [6.07, 6.45) is 10.6. The molecule has 0 spiro atoms. The molecule has 29 heavy (non-hydrogen) atoms. The minimum atomic E-state index is -0.824. The normalized spacial score (nSPS) is 40.9. The number of Topliss-reactive ketones (excluding diaryl/α,β-unsaturated/α-hetero) is 1. The standard InChI is InChI=1S/C23H29NO5/c1-13(20(26)23-9-14-6-15(10-23)8-16(7-14)11-23)29-19(25)12-24-21(27)17-4-2-3-5-18(17)22(24)28/h2-3,13-18H,4-12H2,1H3/t13-,14?,15?,16?,17-,18+,23?/m1/s1. The summed E-state index contributed by atoms with van der Waals surface area (Å²) >= 11 is 0. The molecule has 6 aliphatic rings. The van der Waals surface area contributed by atoms with Gasteiger partial charge in [-0.05, 0) is 76.0 Å². The van der Waals surface area contributed by atoms with Crippen LogP contribution in [0.15, 0.2) is 12.2 Å². The molecule has 0 radical (unpaired) electrons. The van der Waals surface area contributed by atoms with E-state index in [-0.39, 0.29) is 41.4 Å². The molecule has 6 nitrogen and oxygen atoms in total. The molecule has 4 saturated carbocycles. The highest BCUT2D eigenvalue weighted by molar-refractivity contribution is 6.07. The van der Waals surface area contributed by atoms with Crippen molar-refractivity contribution in [2.45, 2.75) is 64.4 Å². The number of allylic oxidation sites excluding steroid dienone is 2. The molecule has 1 aliphatic heterocycles. The molecule has 0 unspecified atom stereocenters. The highest BCUT2D eigenvalue weighted by atomic mass is 16.5. The summed E-state index contributed by atoms with van der Waals surface area (Å²) in [4.78, 5) is 51.9. The topological polar surface area (TPSA) is 80.8 Å². The van der Waals surface area contributed by atoms with Gasteiger partial charge in [0.25, 0.3) is 0 Å². The first-order valence-corrected chi connectivity index (χ1v) is 11.1. The van der Waals surface area contributed by atoms with Crippen LogP contribution in [0.5, 0.6) is 0 Å². The molecule has 6 heteroatoms.